The number of halogens is 1. The maximum Gasteiger partial charge on any atom is 0.0451 e. The first-order valence-electron chi connectivity index (χ1n) is 4.15. The second-order valence-corrected chi connectivity index (χ2v) is 3.76. The Morgan fingerprint density at radius 2 is 2.00 bits per heavy atom. The predicted octanol–water partition coefficient (Wildman–Crippen LogP) is 1.19. The summed E-state index contributed by atoms with van der Waals surface area (Å²) in [5, 5.41) is 11.2. The maximum absolute atomic E-state index is 10.5. The first-order chi connectivity index (χ1) is 6.18. The Morgan fingerprint density at radius 3 is 2.46 bits per heavy atom. The number of carboxylic acid groups (broad SMARTS) is 1. The molecule has 2 nitrogen and oxygen atoms in total. The van der Waals surface area contributed by atoms with Crippen LogP contribution in [-0.4, -0.2) is 5.97 Å². The molecule has 0 unspecified atom stereocenters. The van der Waals surface area contributed by atoms with Crippen molar-refractivity contribution in [2.75, 3.05) is 0 Å². The van der Waals surface area contributed by atoms with Gasteiger partial charge in [0.1, 0.15) is 0 Å². The molecule has 0 radical (unpaired) electrons. The summed E-state index contributed by atoms with van der Waals surface area (Å²) in [4.78, 5) is 10.5. The zero-order chi connectivity index (χ0) is 9.42. The first-order valence-corrected chi connectivity index (χ1v) is 4.52. The van der Waals surface area contributed by atoms with Crippen molar-refractivity contribution in [2.45, 2.75) is 12.3 Å². The number of hydrogen-bond donors (Lipinski definition) is 0. The Morgan fingerprint density at radius 1 is 1.38 bits per heavy atom. The van der Waals surface area contributed by atoms with Gasteiger partial charge >= 0.3 is 0 Å². The molecule has 0 saturated heterocycles. The van der Waals surface area contributed by atoms with E-state index in [1.54, 1.807) is 12.1 Å². The molecular formula is C10H8ClO2-. The topological polar surface area (TPSA) is 40.1 Å². The summed E-state index contributed by atoms with van der Waals surface area (Å²) < 4.78 is 0. The van der Waals surface area contributed by atoms with E-state index in [1.807, 2.05) is 12.1 Å². The Balaban J connectivity index is 2.12. The van der Waals surface area contributed by atoms with Crippen molar-refractivity contribution < 1.29 is 9.90 Å². The minimum Gasteiger partial charge on any atom is -0.550 e. The van der Waals surface area contributed by atoms with Gasteiger partial charge in [-0.2, -0.15) is 0 Å². The molecule has 0 spiro atoms. The fourth-order valence-corrected chi connectivity index (χ4v) is 1.66. The number of carbonyl (C=O) groups excluding carboxylic acids is 1. The molecule has 0 aliphatic heterocycles. The minimum absolute atomic E-state index is 0.141. The quantitative estimate of drug-likeness (QED) is 0.712. The van der Waals surface area contributed by atoms with Gasteiger partial charge in [0.25, 0.3) is 0 Å². The summed E-state index contributed by atoms with van der Waals surface area (Å²) in [5.74, 6) is -1.09. The third kappa shape index (κ3) is 1.68. The molecule has 3 heteroatoms. The van der Waals surface area contributed by atoms with Crippen molar-refractivity contribution in [1.82, 2.24) is 0 Å². The second-order valence-electron chi connectivity index (χ2n) is 3.32. The van der Waals surface area contributed by atoms with Crippen LogP contribution in [0.1, 0.15) is 17.9 Å². The Kier molecular flexibility index (Phi) is 2.00. The van der Waals surface area contributed by atoms with E-state index >= 15 is 0 Å². The van der Waals surface area contributed by atoms with Crippen LogP contribution in [0.4, 0.5) is 0 Å². The fourth-order valence-electron chi connectivity index (χ4n) is 1.53. The van der Waals surface area contributed by atoms with Gasteiger partial charge in [0, 0.05) is 16.9 Å². The molecule has 2 rings (SSSR count). The van der Waals surface area contributed by atoms with Crippen LogP contribution in [0.2, 0.25) is 5.02 Å². The molecule has 0 aromatic heterocycles. The third-order valence-corrected chi connectivity index (χ3v) is 2.64. The highest BCUT2D eigenvalue weighted by Gasteiger charge is 2.39. The molecule has 1 aliphatic rings. The van der Waals surface area contributed by atoms with Crippen LogP contribution in [0, 0.1) is 5.92 Å². The van der Waals surface area contributed by atoms with Crippen LogP contribution in [-0.2, 0) is 4.79 Å². The van der Waals surface area contributed by atoms with E-state index in [1.165, 1.54) is 0 Å². The molecule has 0 heterocycles. The standard InChI is InChI=1S/C10H9ClO2/c11-7-3-1-6(2-4-7)8-5-9(8)10(12)13/h1-4,8-9H,5H2,(H,12,13)/p-1/t8-,9+/m0/s1. The lowest BCUT2D eigenvalue weighted by Gasteiger charge is -2.01. The van der Waals surface area contributed by atoms with Crippen molar-refractivity contribution in [1.29, 1.82) is 0 Å². The minimum atomic E-state index is -0.944. The summed E-state index contributed by atoms with van der Waals surface area (Å²) in [5.41, 5.74) is 1.04. The summed E-state index contributed by atoms with van der Waals surface area (Å²) in [6, 6.07) is 7.30. The molecule has 1 aromatic carbocycles. The van der Waals surface area contributed by atoms with E-state index < -0.39 is 5.97 Å². The van der Waals surface area contributed by atoms with Gasteiger partial charge < -0.3 is 9.90 Å². The summed E-state index contributed by atoms with van der Waals surface area (Å²) in [6.45, 7) is 0. The molecule has 2 atom stereocenters. The van der Waals surface area contributed by atoms with Crippen molar-refractivity contribution in [2.24, 2.45) is 5.92 Å². The van der Waals surface area contributed by atoms with Gasteiger partial charge in [-0.25, -0.2) is 0 Å². The van der Waals surface area contributed by atoms with E-state index in [9.17, 15) is 9.90 Å². The highest BCUT2D eigenvalue weighted by atomic mass is 35.5. The fraction of sp³-hybridized carbons (Fsp3) is 0.300. The lowest BCUT2D eigenvalue weighted by atomic mass is 10.1. The number of benzene rings is 1. The number of rotatable bonds is 2. The second kappa shape index (κ2) is 3.04. The zero-order valence-electron chi connectivity index (χ0n) is 6.87. The molecule has 1 saturated carbocycles. The Hall–Kier alpha value is -1.02. The largest absolute Gasteiger partial charge is 0.550 e. The van der Waals surface area contributed by atoms with Gasteiger partial charge in [-0.15, -0.1) is 0 Å². The first kappa shape index (κ1) is 8.57. The monoisotopic (exact) mass is 195 g/mol. The van der Waals surface area contributed by atoms with Gasteiger partial charge in [0.05, 0.1) is 0 Å². The Labute approximate surface area is 81.1 Å². The molecular weight excluding hydrogens is 188 g/mol. The number of hydrogen-bond acceptors (Lipinski definition) is 2. The smallest absolute Gasteiger partial charge is 0.0451 e. The van der Waals surface area contributed by atoms with Crippen molar-refractivity contribution >= 4 is 17.6 Å². The summed E-state index contributed by atoms with van der Waals surface area (Å²) >= 11 is 5.71. The van der Waals surface area contributed by atoms with E-state index in [-0.39, 0.29) is 11.8 Å². The van der Waals surface area contributed by atoms with Crippen molar-refractivity contribution in [3.05, 3.63) is 34.9 Å². The van der Waals surface area contributed by atoms with Crippen LogP contribution in [0.25, 0.3) is 0 Å². The van der Waals surface area contributed by atoms with Crippen LogP contribution < -0.4 is 5.11 Å². The van der Waals surface area contributed by atoms with E-state index in [4.69, 9.17) is 11.6 Å². The molecule has 1 aliphatic carbocycles. The number of carboxylic acids is 1. The van der Waals surface area contributed by atoms with Crippen molar-refractivity contribution in [3.63, 3.8) is 0 Å². The van der Waals surface area contributed by atoms with Crippen LogP contribution in [0.15, 0.2) is 24.3 Å². The molecule has 0 bridgehead atoms. The third-order valence-electron chi connectivity index (χ3n) is 2.39. The lowest BCUT2D eigenvalue weighted by Crippen LogP contribution is -2.24. The van der Waals surface area contributed by atoms with E-state index in [0.717, 1.165) is 5.56 Å². The summed E-state index contributed by atoms with van der Waals surface area (Å²) in [7, 11) is 0. The van der Waals surface area contributed by atoms with E-state index in [0.29, 0.717) is 11.4 Å². The lowest BCUT2D eigenvalue weighted by molar-refractivity contribution is -0.308. The highest BCUT2D eigenvalue weighted by molar-refractivity contribution is 6.30. The molecule has 1 aromatic rings. The SMILES string of the molecule is O=C([O-])[C@@H]1C[C@H]1c1ccc(Cl)cc1. The normalized spacial score (nSPS) is 25.6. The molecule has 68 valence electrons. The van der Waals surface area contributed by atoms with Gasteiger partial charge in [0.15, 0.2) is 0 Å². The van der Waals surface area contributed by atoms with Gasteiger partial charge in [-0.3, -0.25) is 0 Å². The highest BCUT2D eigenvalue weighted by Crippen LogP contribution is 2.47. The average Bonchev–Trinajstić information content (AvgIpc) is 2.85. The molecule has 1 fully saturated rings. The Bertz CT molecular complexity index is 331. The maximum atomic E-state index is 10.5. The molecule has 0 N–H and O–H groups in total. The summed E-state index contributed by atoms with van der Waals surface area (Å²) in [6.07, 6.45) is 0.698. The zero-order valence-corrected chi connectivity index (χ0v) is 7.62. The number of aliphatic carboxylic acids is 1. The predicted molar refractivity (Wildman–Crippen MR) is 47.3 cm³/mol. The number of carbonyl (C=O) groups is 1. The average molecular weight is 196 g/mol. The van der Waals surface area contributed by atoms with Gasteiger partial charge in [-0.1, -0.05) is 23.7 Å². The van der Waals surface area contributed by atoms with Crippen LogP contribution >= 0.6 is 11.6 Å². The van der Waals surface area contributed by atoms with Crippen molar-refractivity contribution in [3.8, 4) is 0 Å². The van der Waals surface area contributed by atoms with Crippen LogP contribution in [0.5, 0.6) is 0 Å². The van der Waals surface area contributed by atoms with Gasteiger partial charge in [-0.05, 0) is 30.0 Å². The molecule has 0 amide bonds. The molecule has 13 heavy (non-hydrogen) atoms. The van der Waals surface area contributed by atoms with Gasteiger partial charge in [0.2, 0.25) is 0 Å². The van der Waals surface area contributed by atoms with Crippen LogP contribution in [0.3, 0.4) is 0 Å². The van der Waals surface area contributed by atoms with E-state index in [2.05, 4.69) is 0 Å².